The minimum atomic E-state index is 0.0358. The number of pyridine rings is 1. The number of phenols is 1. The van der Waals surface area contributed by atoms with Gasteiger partial charge < -0.3 is 9.84 Å². The first-order valence-corrected chi connectivity index (χ1v) is 6.16. The molecule has 0 spiro atoms. The fourth-order valence-electron chi connectivity index (χ4n) is 2.26. The normalized spacial score (nSPS) is 12.8. The maximum absolute atomic E-state index is 9.69. The van der Waals surface area contributed by atoms with Crippen LogP contribution in [-0.4, -0.2) is 10.1 Å². The van der Waals surface area contributed by atoms with Crippen LogP contribution in [0.5, 0.6) is 17.4 Å². The number of hydrogen-bond donors (Lipinski definition) is 1. The van der Waals surface area contributed by atoms with Crippen LogP contribution in [0.3, 0.4) is 0 Å². The highest BCUT2D eigenvalue weighted by Crippen LogP contribution is 2.33. The molecule has 0 saturated carbocycles. The van der Waals surface area contributed by atoms with Crippen molar-refractivity contribution >= 4 is 0 Å². The van der Waals surface area contributed by atoms with Gasteiger partial charge in [-0.2, -0.15) is 5.26 Å². The Balaban J connectivity index is 2.02. The number of rotatable bonds is 2. The van der Waals surface area contributed by atoms with Crippen LogP contribution >= 0.6 is 0 Å². The molecule has 0 saturated heterocycles. The van der Waals surface area contributed by atoms with Gasteiger partial charge in [0.1, 0.15) is 11.6 Å². The number of aromatic nitrogens is 1. The summed E-state index contributed by atoms with van der Waals surface area (Å²) in [5, 5.41) is 18.9. The van der Waals surface area contributed by atoms with Gasteiger partial charge in [-0.3, -0.25) is 0 Å². The zero-order valence-electron chi connectivity index (χ0n) is 10.3. The van der Waals surface area contributed by atoms with E-state index in [0.717, 1.165) is 30.5 Å². The first-order valence-electron chi connectivity index (χ1n) is 6.16. The van der Waals surface area contributed by atoms with E-state index in [4.69, 9.17) is 10.00 Å². The molecule has 1 aromatic carbocycles. The van der Waals surface area contributed by atoms with Gasteiger partial charge in [-0.05, 0) is 43.0 Å². The third-order valence-electron chi connectivity index (χ3n) is 3.21. The summed E-state index contributed by atoms with van der Waals surface area (Å²) in [6.07, 6.45) is 2.94. The molecule has 0 fully saturated rings. The molecule has 1 aromatic heterocycles. The van der Waals surface area contributed by atoms with E-state index in [2.05, 4.69) is 11.1 Å². The third kappa shape index (κ3) is 2.11. The predicted molar refractivity (Wildman–Crippen MR) is 69.2 cm³/mol. The molecule has 3 rings (SSSR count). The van der Waals surface area contributed by atoms with Gasteiger partial charge in [-0.25, -0.2) is 4.98 Å². The second kappa shape index (κ2) is 4.62. The molecule has 0 atom stereocenters. The molecule has 19 heavy (non-hydrogen) atoms. The van der Waals surface area contributed by atoms with E-state index in [-0.39, 0.29) is 11.6 Å². The van der Waals surface area contributed by atoms with E-state index >= 15 is 0 Å². The monoisotopic (exact) mass is 252 g/mol. The zero-order chi connectivity index (χ0) is 13.2. The van der Waals surface area contributed by atoms with Crippen molar-refractivity contribution in [3.05, 3.63) is 47.2 Å². The van der Waals surface area contributed by atoms with E-state index in [1.165, 1.54) is 6.07 Å². The summed E-state index contributed by atoms with van der Waals surface area (Å²) in [6.45, 7) is 0. The Morgan fingerprint density at radius 2 is 2.11 bits per heavy atom. The maximum Gasteiger partial charge on any atom is 0.237 e. The summed E-state index contributed by atoms with van der Waals surface area (Å²) in [5.74, 6) is 0.614. The van der Waals surface area contributed by atoms with Crippen molar-refractivity contribution in [1.29, 1.82) is 5.26 Å². The minimum Gasteiger partial charge on any atom is -0.504 e. The Labute approximate surface area is 110 Å². The Hall–Kier alpha value is -2.54. The SMILES string of the molecule is N#Cc1cc2c(nc1Oc1ccccc1O)CCC2. The first-order chi connectivity index (χ1) is 9.28. The highest BCUT2D eigenvalue weighted by molar-refractivity contribution is 5.48. The average Bonchev–Trinajstić information content (AvgIpc) is 2.87. The largest absolute Gasteiger partial charge is 0.504 e. The van der Waals surface area contributed by atoms with Crippen LogP contribution in [0.15, 0.2) is 30.3 Å². The number of ether oxygens (including phenoxy) is 1. The standard InChI is InChI=1S/C15H12N2O2/c16-9-11-8-10-4-3-5-12(10)17-15(11)19-14-7-2-1-6-13(14)18/h1-2,6-8,18H,3-5H2. The molecule has 1 N–H and O–H groups in total. The van der Waals surface area contributed by atoms with Gasteiger partial charge in [-0.1, -0.05) is 12.1 Å². The smallest absolute Gasteiger partial charge is 0.237 e. The fraction of sp³-hybridized carbons (Fsp3) is 0.200. The van der Waals surface area contributed by atoms with Crippen molar-refractivity contribution in [2.75, 3.05) is 0 Å². The topological polar surface area (TPSA) is 66.1 Å². The van der Waals surface area contributed by atoms with Crippen LogP contribution < -0.4 is 4.74 Å². The lowest BCUT2D eigenvalue weighted by Gasteiger charge is -2.09. The summed E-state index contributed by atoms with van der Waals surface area (Å²) < 4.78 is 5.57. The number of phenolic OH excluding ortho intramolecular Hbond substituents is 1. The predicted octanol–water partition coefficient (Wildman–Crippen LogP) is 2.94. The Morgan fingerprint density at radius 3 is 2.89 bits per heavy atom. The number of aromatic hydroxyl groups is 1. The van der Waals surface area contributed by atoms with E-state index in [1.54, 1.807) is 18.2 Å². The Kier molecular flexibility index (Phi) is 2.81. The molecule has 1 heterocycles. The molecule has 0 unspecified atom stereocenters. The van der Waals surface area contributed by atoms with Crippen LogP contribution in [0.2, 0.25) is 0 Å². The maximum atomic E-state index is 9.69. The second-order valence-corrected chi connectivity index (χ2v) is 4.48. The lowest BCUT2D eigenvalue weighted by Crippen LogP contribution is -1.97. The summed E-state index contributed by atoms with van der Waals surface area (Å²) in [7, 11) is 0. The molecule has 0 amide bonds. The summed E-state index contributed by atoms with van der Waals surface area (Å²) >= 11 is 0. The van der Waals surface area contributed by atoms with Gasteiger partial charge in [0.05, 0.1) is 0 Å². The molecule has 4 heteroatoms. The number of aryl methyl sites for hydroxylation is 2. The number of benzene rings is 1. The van der Waals surface area contributed by atoms with Gasteiger partial charge in [0.15, 0.2) is 11.5 Å². The highest BCUT2D eigenvalue weighted by atomic mass is 16.5. The molecule has 94 valence electrons. The van der Waals surface area contributed by atoms with Crippen molar-refractivity contribution < 1.29 is 9.84 Å². The Bertz CT molecular complexity index is 674. The van der Waals surface area contributed by atoms with Crippen molar-refractivity contribution in [2.24, 2.45) is 0 Å². The van der Waals surface area contributed by atoms with Crippen molar-refractivity contribution in [2.45, 2.75) is 19.3 Å². The van der Waals surface area contributed by atoms with Gasteiger partial charge in [0.2, 0.25) is 5.88 Å². The summed E-state index contributed by atoms with van der Waals surface area (Å²) in [5.41, 5.74) is 2.52. The molecule has 0 aliphatic heterocycles. The first kappa shape index (κ1) is 11.5. The number of fused-ring (bicyclic) bond motifs is 1. The fourth-order valence-corrected chi connectivity index (χ4v) is 2.26. The minimum absolute atomic E-state index is 0.0358. The lowest BCUT2D eigenvalue weighted by atomic mass is 10.1. The molecule has 1 aliphatic carbocycles. The van der Waals surface area contributed by atoms with Crippen LogP contribution in [0, 0.1) is 11.3 Å². The third-order valence-corrected chi connectivity index (χ3v) is 3.21. The van der Waals surface area contributed by atoms with E-state index in [0.29, 0.717) is 11.3 Å². The second-order valence-electron chi connectivity index (χ2n) is 4.48. The molecule has 0 radical (unpaired) electrons. The molecule has 4 nitrogen and oxygen atoms in total. The molecule has 1 aliphatic rings. The molecular weight excluding hydrogens is 240 g/mol. The van der Waals surface area contributed by atoms with Gasteiger partial charge in [0.25, 0.3) is 0 Å². The van der Waals surface area contributed by atoms with Gasteiger partial charge >= 0.3 is 0 Å². The number of nitriles is 1. The summed E-state index contributed by atoms with van der Waals surface area (Å²) in [4.78, 5) is 4.40. The van der Waals surface area contributed by atoms with E-state index < -0.39 is 0 Å². The number of hydrogen-bond acceptors (Lipinski definition) is 4. The van der Waals surface area contributed by atoms with Crippen LogP contribution in [-0.2, 0) is 12.8 Å². The van der Waals surface area contributed by atoms with Crippen LogP contribution in [0.1, 0.15) is 23.2 Å². The number of nitrogens with zero attached hydrogens (tertiary/aromatic N) is 2. The Morgan fingerprint density at radius 1 is 1.26 bits per heavy atom. The van der Waals surface area contributed by atoms with Gasteiger partial charge in [0, 0.05) is 5.69 Å². The van der Waals surface area contributed by atoms with Crippen LogP contribution in [0.25, 0.3) is 0 Å². The van der Waals surface area contributed by atoms with E-state index in [1.807, 2.05) is 6.07 Å². The highest BCUT2D eigenvalue weighted by Gasteiger charge is 2.18. The van der Waals surface area contributed by atoms with Crippen molar-refractivity contribution in [3.8, 4) is 23.4 Å². The van der Waals surface area contributed by atoms with Crippen LogP contribution in [0.4, 0.5) is 0 Å². The van der Waals surface area contributed by atoms with Gasteiger partial charge in [-0.15, -0.1) is 0 Å². The van der Waals surface area contributed by atoms with Crippen molar-refractivity contribution in [1.82, 2.24) is 4.98 Å². The molecule has 2 aromatic rings. The molecular formula is C15H12N2O2. The lowest BCUT2D eigenvalue weighted by molar-refractivity contribution is 0.401. The van der Waals surface area contributed by atoms with E-state index in [9.17, 15) is 5.11 Å². The zero-order valence-corrected chi connectivity index (χ0v) is 10.3. The average molecular weight is 252 g/mol. The molecule has 0 bridgehead atoms. The number of para-hydroxylation sites is 2. The van der Waals surface area contributed by atoms with Crippen molar-refractivity contribution in [3.63, 3.8) is 0 Å². The summed E-state index contributed by atoms with van der Waals surface area (Å²) in [6, 6.07) is 10.6. The quantitative estimate of drug-likeness (QED) is 0.892.